The van der Waals surface area contributed by atoms with Gasteiger partial charge in [-0.3, -0.25) is 4.79 Å². The molecule has 0 saturated heterocycles. The van der Waals surface area contributed by atoms with Crippen LogP contribution in [0.1, 0.15) is 68.9 Å². The van der Waals surface area contributed by atoms with Crippen LogP contribution in [0.15, 0.2) is 41.3 Å². The van der Waals surface area contributed by atoms with Gasteiger partial charge >= 0.3 is 5.97 Å². The average Bonchev–Trinajstić information content (AvgIpc) is 3.09. The Morgan fingerprint density at radius 3 is 2.38 bits per heavy atom. The first-order chi connectivity index (χ1) is 16.1. The molecule has 2 heterocycles. The molecule has 0 unspecified atom stereocenters. The lowest BCUT2D eigenvalue weighted by Gasteiger charge is -2.35. The van der Waals surface area contributed by atoms with Gasteiger partial charge in [-0.05, 0) is 73.2 Å². The smallest absolute Gasteiger partial charge is 0.344 e. The van der Waals surface area contributed by atoms with Gasteiger partial charge in [0.25, 0.3) is 0 Å². The molecular formula is C26H28N2O5S. The minimum Gasteiger partial charge on any atom is -0.403 e. The van der Waals surface area contributed by atoms with Crippen molar-refractivity contribution in [1.82, 2.24) is 9.78 Å². The zero-order valence-electron chi connectivity index (χ0n) is 20.2. The number of esters is 1. The van der Waals surface area contributed by atoms with Crippen molar-refractivity contribution in [3.8, 4) is 5.88 Å². The number of hydrogen-bond donors (Lipinski definition) is 0. The highest BCUT2D eigenvalue weighted by Gasteiger charge is 2.34. The van der Waals surface area contributed by atoms with Crippen molar-refractivity contribution in [2.75, 3.05) is 5.75 Å². The molecule has 0 bridgehead atoms. The molecular weight excluding hydrogens is 452 g/mol. The van der Waals surface area contributed by atoms with Crippen molar-refractivity contribution in [2.24, 2.45) is 7.05 Å². The Labute approximate surface area is 203 Å². The van der Waals surface area contributed by atoms with E-state index in [-0.39, 0.29) is 17.1 Å². The van der Waals surface area contributed by atoms with E-state index in [0.29, 0.717) is 22.4 Å². The summed E-state index contributed by atoms with van der Waals surface area (Å²) in [7, 11) is 1.68. The molecule has 1 aromatic heterocycles. The number of benzene rings is 2. The van der Waals surface area contributed by atoms with E-state index in [2.05, 4.69) is 25.9 Å². The summed E-state index contributed by atoms with van der Waals surface area (Å²) in [4.78, 5) is 41.8. The standard InChI is InChI=1S/C26H28N2O3S.O2/c1-15-14-19(16(2)21-23(15)32-13-12-26(21,4)5)22(29)20-17(3)27-28(6)24(20)31-25(30)18-10-8-7-9-11-18;1-2/h7-11,14H,12-13H2,1-6H3;. The second-order valence-corrected chi connectivity index (χ2v) is 10.1. The lowest BCUT2D eigenvalue weighted by atomic mass is 9.76. The number of carbonyl (C=O) groups is 2. The van der Waals surface area contributed by atoms with Crippen LogP contribution in [0.5, 0.6) is 5.88 Å². The van der Waals surface area contributed by atoms with Crippen LogP contribution in [0.2, 0.25) is 0 Å². The predicted octanol–water partition coefficient (Wildman–Crippen LogP) is 5.64. The van der Waals surface area contributed by atoms with Crippen molar-refractivity contribution < 1.29 is 14.3 Å². The van der Waals surface area contributed by atoms with E-state index in [1.165, 1.54) is 15.1 Å². The summed E-state index contributed by atoms with van der Waals surface area (Å²) >= 11 is 1.87. The van der Waals surface area contributed by atoms with Gasteiger partial charge in [0.05, 0.1) is 11.3 Å². The number of carbonyl (C=O) groups excluding carboxylic acids is 2. The lowest BCUT2D eigenvalue weighted by Crippen LogP contribution is -2.26. The van der Waals surface area contributed by atoms with E-state index in [0.717, 1.165) is 23.3 Å². The molecule has 1 aliphatic rings. The van der Waals surface area contributed by atoms with Crippen LogP contribution in [0.25, 0.3) is 0 Å². The van der Waals surface area contributed by atoms with Crippen LogP contribution in [-0.4, -0.2) is 27.3 Å². The first-order valence-electron chi connectivity index (χ1n) is 10.9. The maximum absolute atomic E-state index is 13.8. The number of hydrogen-bond acceptors (Lipinski definition) is 7. The molecule has 8 heteroatoms. The average molecular weight is 481 g/mol. The molecule has 2 aromatic carbocycles. The molecule has 0 amide bonds. The fourth-order valence-corrected chi connectivity index (χ4v) is 6.21. The normalized spacial score (nSPS) is 13.9. The molecule has 4 rings (SSSR count). The number of nitrogens with zero attached hydrogens (tertiary/aromatic N) is 2. The fourth-order valence-electron chi connectivity index (χ4n) is 4.53. The number of rotatable bonds is 4. The summed E-state index contributed by atoms with van der Waals surface area (Å²) in [6.45, 7) is 10.4. The van der Waals surface area contributed by atoms with Gasteiger partial charge in [0, 0.05) is 27.4 Å². The highest BCUT2D eigenvalue weighted by atomic mass is 32.2. The van der Waals surface area contributed by atoms with Gasteiger partial charge in [-0.25, -0.2) is 9.48 Å². The monoisotopic (exact) mass is 480 g/mol. The number of aryl methyl sites for hydroxylation is 3. The van der Waals surface area contributed by atoms with Crippen molar-refractivity contribution >= 4 is 23.5 Å². The fraction of sp³-hybridized carbons (Fsp3) is 0.346. The number of aromatic nitrogens is 2. The van der Waals surface area contributed by atoms with Crippen molar-refractivity contribution in [1.29, 1.82) is 0 Å². The van der Waals surface area contributed by atoms with Gasteiger partial charge in [-0.1, -0.05) is 32.0 Å². The Balaban J connectivity index is 0.00000158. The summed E-state index contributed by atoms with van der Waals surface area (Å²) in [5, 5.41) is 4.39. The van der Waals surface area contributed by atoms with E-state index in [1.54, 1.807) is 38.2 Å². The molecule has 0 spiro atoms. The summed E-state index contributed by atoms with van der Waals surface area (Å²) in [5.41, 5.74) is 5.29. The zero-order chi connectivity index (χ0) is 25.2. The first kappa shape index (κ1) is 25.4. The zero-order valence-corrected chi connectivity index (χ0v) is 21.0. The van der Waals surface area contributed by atoms with Crippen molar-refractivity contribution in [2.45, 2.75) is 51.3 Å². The van der Waals surface area contributed by atoms with E-state index in [9.17, 15) is 9.59 Å². The second kappa shape index (κ2) is 9.93. The molecule has 0 radical (unpaired) electrons. The molecule has 0 saturated carbocycles. The number of ketones is 1. The summed E-state index contributed by atoms with van der Waals surface area (Å²) < 4.78 is 7.15. The van der Waals surface area contributed by atoms with Gasteiger partial charge in [0.2, 0.25) is 11.7 Å². The van der Waals surface area contributed by atoms with Crippen LogP contribution >= 0.6 is 11.8 Å². The highest BCUT2D eigenvalue weighted by molar-refractivity contribution is 7.99. The van der Waals surface area contributed by atoms with Gasteiger partial charge in [0.15, 0.2) is 0 Å². The third-order valence-corrected chi connectivity index (χ3v) is 7.44. The lowest BCUT2D eigenvalue weighted by molar-refractivity contribution is 0.0718. The predicted molar refractivity (Wildman–Crippen MR) is 134 cm³/mol. The van der Waals surface area contributed by atoms with Crippen molar-refractivity contribution in [3.63, 3.8) is 0 Å². The first-order valence-corrected chi connectivity index (χ1v) is 11.9. The molecule has 0 fully saturated rings. The molecule has 1 aliphatic heterocycles. The van der Waals surface area contributed by atoms with Crippen LogP contribution in [0.3, 0.4) is 0 Å². The Bertz CT molecular complexity index is 1250. The van der Waals surface area contributed by atoms with Crippen LogP contribution in [-0.2, 0) is 12.5 Å². The van der Waals surface area contributed by atoms with Crippen LogP contribution in [0.4, 0.5) is 0 Å². The quantitative estimate of drug-likeness (QED) is 0.352. The minimum atomic E-state index is -0.515. The topological polar surface area (TPSA) is 95.3 Å². The minimum absolute atomic E-state index is 0.00168. The molecule has 0 aliphatic carbocycles. The Kier molecular flexibility index (Phi) is 7.41. The molecule has 0 N–H and O–H groups in total. The van der Waals surface area contributed by atoms with E-state index >= 15 is 0 Å². The van der Waals surface area contributed by atoms with Gasteiger partial charge < -0.3 is 4.74 Å². The summed E-state index contributed by atoms with van der Waals surface area (Å²) in [5.74, 6) is 0.569. The molecule has 7 nitrogen and oxygen atoms in total. The maximum Gasteiger partial charge on any atom is 0.344 e. The Morgan fingerprint density at radius 1 is 1.09 bits per heavy atom. The Hall–Kier alpha value is -3.26. The van der Waals surface area contributed by atoms with E-state index in [4.69, 9.17) is 14.7 Å². The van der Waals surface area contributed by atoms with Gasteiger partial charge in [-0.2, -0.15) is 5.10 Å². The van der Waals surface area contributed by atoms with E-state index < -0.39 is 5.97 Å². The number of ether oxygens (including phenoxy) is 1. The second-order valence-electron chi connectivity index (χ2n) is 9.03. The molecule has 178 valence electrons. The molecule has 0 atom stereocenters. The molecule has 3 aromatic rings. The van der Waals surface area contributed by atoms with Crippen LogP contribution < -0.4 is 4.74 Å². The van der Waals surface area contributed by atoms with Crippen molar-refractivity contribution in [3.05, 3.63) is 85.4 Å². The highest BCUT2D eigenvalue weighted by Crippen LogP contribution is 2.46. The van der Waals surface area contributed by atoms with Gasteiger partial charge in [0.1, 0.15) is 5.56 Å². The third-order valence-electron chi connectivity index (χ3n) is 6.22. The summed E-state index contributed by atoms with van der Waals surface area (Å²) in [6, 6.07) is 10.7. The SMILES string of the molecule is Cc1cc(C(=O)c2c(C)nn(C)c2OC(=O)c2ccccc2)c(C)c2c1SCCC2(C)C.O=O. The van der Waals surface area contributed by atoms with E-state index in [1.807, 2.05) is 30.8 Å². The largest absolute Gasteiger partial charge is 0.403 e. The maximum atomic E-state index is 13.8. The van der Waals surface area contributed by atoms with Crippen LogP contribution in [0, 0.1) is 30.7 Å². The Morgan fingerprint density at radius 2 is 1.74 bits per heavy atom. The molecule has 34 heavy (non-hydrogen) atoms. The third kappa shape index (κ3) is 4.55. The summed E-state index contributed by atoms with van der Waals surface area (Å²) in [6.07, 6.45) is 1.06. The van der Waals surface area contributed by atoms with Gasteiger partial charge in [-0.15, -0.1) is 11.8 Å². The number of fused-ring (bicyclic) bond motifs is 1. The number of thioether (sulfide) groups is 1.